The fourth-order valence-electron chi connectivity index (χ4n) is 3.42. The van der Waals surface area contributed by atoms with Crippen molar-refractivity contribution >= 4 is 22.6 Å². The number of nitrogens with zero attached hydrogens (tertiary/aromatic N) is 3. The van der Waals surface area contributed by atoms with Crippen molar-refractivity contribution in [3.63, 3.8) is 0 Å². The molecular formula is C22H28N4O2. The number of aromatic nitrogens is 2. The zero-order chi connectivity index (χ0) is 19.9. The second-order valence-electron chi connectivity index (χ2n) is 6.97. The number of para-hydroxylation sites is 3. The van der Waals surface area contributed by atoms with E-state index in [4.69, 9.17) is 0 Å². The molecule has 0 spiro atoms. The smallest absolute Gasteiger partial charge is 0.329 e. The molecule has 3 rings (SSSR count). The summed E-state index contributed by atoms with van der Waals surface area (Å²) in [5.74, 6) is -0.135. The Morgan fingerprint density at radius 1 is 1.00 bits per heavy atom. The molecule has 0 aliphatic heterocycles. The first-order chi connectivity index (χ1) is 13.6. The third-order valence-electron chi connectivity index (χ3n) is 4.86. The predicted molar refractivity (Wildman–Crippen MR) is 114 cm³/mol. The molecule has 3 aromatic rings. The van der Waals surface area contributed by atoms with Gasteiger partial charge in [-0.3, -0.25) is 13.9 Å². The highest BCUT2D eigenvalue weighted by molar-refractivity contribution is 5.80. The third-order valence-corrected chi connectivity index (χ3v) is 4.86. The van der Waals surface area contributed by atoms with Gasteiger partial charge >= 0.3 is 5.69 Å². The molecule has 0 saturated heterocycles. The predicted octanol–water partition coefficient (Wildman–Crippen LogP) is 2.86. The van der Waals surface area contributed by atoms with Gasteiger partial charge in [-0.25, -0.2) is 4.79 Å². The van der Waals surface area contributed by atoms with E-state index in [2.05, 4.69) is 22.3 Å². The summed E-state index contributed by atoms with van der Waals surface area (Å²) < 4.78 is 3.31. The molecule has 0 radical (unpaired) electrons. The molecule has 1 heterocycles. The number of imidazole rings is 1. The van der Waals surface area contributed by atoms with Crippen molar-refractivity contribution in [2.24, 2.45) is 0 Å². The lowest BCUT2D eigenvalue weighted by Crippen LogP contribution is -2.34. The summed E-state index contributed by atoms with van der Waals surface area (Å²) in [7, 11) is 2.04. The van der Waals surface area contributed by atoms with Crippen LogP contribution in [-0.2, 0) is 17.9 Å². The molecule has 6 nitrogen and oxygen atoms in total. The summed E-state index contributed by atoms with van der Waals surface area (Å²) in [6.07, 6.45) is 1.71. The van der Waals surface area contributed by atoms with Crippen molar-refractivity contribution in [3.8, 4) is 0 Å². The Hall–Kier alpha value is -3.02. The zero-order valence-corrected chi connectivity index (χ0v) is 16.6. The van der Waals surface area contributed by atoms with E-state index in [1.807, 2.05) is 56.4 Å². The van der Waals surface area contributed by atoms with Crippen molar-refractivity contribution in [1.82, 2.24) is 14.5 Å². The van der Waals surface area contributed by atoms with Crippen LogP contribution in [0.4, 0.5) is 5.69 Å². The molecule has 0 atom stereocenters. The highest BCUT2D eigenvalue weighted by atomic mass is 16.2. The monoisotopic (exact) mass is 380 g/mol. The van der Waals surface area contributed by atoms with Crippen LogP contribution >= 0.6 is 0 Å². The Morgan fingerprint density at radius 2 is 1.64 bits per heavy atom. The van der Waals surface area contributed by atoms with Crippen LogP contribution < -0.4 is 15.9 Å². The number of aryl methyl sites for hydroxylation is 1. The van der Waals surface area contributed by atoms with E-state index in [1.54, 1.807) is 9.13 Å². The zero-order valence-electron chi connectivity index (χ0n) is 16.6. The standard InChI is InChI=1S/C22H28N4O2/c1-3-15-25-19-12-7-8-13-20(19)26(22(25)28)17-21(27)23-14-9-16-24(2)18-10-5-4-6-11-18/h4-8,10-13H,3,9,14-17H2,1-2H3,(H,23,27). The minimum atomic E-state index is -0.135. The van der Waals surface area contributed by atoms with Gasteiger partial charge in [0.2, 0.25) is 5.91 Å². The van der Waals surface area contributed by atoms with E-state index in [0.717, 1.165) is 36.1 Å². The highest BCUT2D eigenvalue weighted by Gasteiger charge is 2.14. The number of nitrogens with one attached hydrogen (secondary N) is 1. The van der Waals surface area contributed by atoms with Gasteiger partial charge in [-0.15, -0.1) is 0 Å². The van der Waals surface area contributed by atoms with Crippen LogP contribution in [0.1, 0.15) is 19.8 Å². The second-order valence-corrected chi connectivity index (χ2v) is 6.97. The number of fused-ring (bicyclic) bond motifs is 1. The fourth-order valence-corrected chi connectivity index (χ4v) is 3.42. The average molecular weight is 380 g/mol. The number of amides is 1. The molecule has 28 heavy (non-hydrogen) atoms. The summed E-state index contributed by atoms with van der Waals surface area (Å²) in [6.45, 7) is 4.17. The molecule has 0 fully saturated rings. The minimum Gasteiger partial charge on any atom is -0.375 e. The van der Waals surface area contributed by atoms with Crippen molar-refractivity contribution in [2.75, 3.05) is 25.0 Å². The topological polar surface area (TPSA) is 59.3 Å². The molecule has 0 aliphatic carbocycles. The molecule has 1 aromatic heterocycles. The molecule has 1 N–H and O–H groups in total. The van der Waals surface area contributed by atoms with E-state index in [0.29, 0.717) is 13.1 Å². The molecule has 6 heteroatoms. The van der Waals surface area contributed by atoms with Crippen LogP contribution in [-0.4, -0.2) is 35.2 Å². The summed E-state index contributed by atoms with van der Waals surface area (Å²) in [6, 6.07) is 17.8. The highest BCUT2D eigenvalue weighted by Crippen LogP contribution is 2.13. The SMILES string of the molecule is CCCn1c(=O)n(CC(=O)NCCCN(C)c2ccccc2)c2ccccc21. The largest absolute Gasteiger partial charge is 0.375 e. The number of carbonyl (C=O) groups excluding carboxylic acids is 1. The lowest BCUT2D eigenvalue weighted by Gasteiger charge is -2.19. The first kappa shape index (κ1) is 19.7. The van der Waals surface area contributed by atoms with Gasteiger partial charge in [0.15, 0.2) is 0 Å². The van der Waals surface area contributed by atoms with Crippen molar-refractivity contribution in [3.05, 3.63) is 65.1 Å². The van der Waals surface area contributed by atoms with E-state index >= 15 is 0 Å². The number of hydrogen-bond donors (Lipinski definition) is 1. The number of carbonyl (C=O) groups is 1. The van der Waals surface area contributed by atoms with Crippen LogP contribution in [0.15, 0.2) is 59.4 Å². The Kier molecular flexibility index (Phi) is 6.53. The van der Waals surface area contributed by atoms with Gasteiger partial charge < -0.3 is 10.2 Å². The molecule has 0 saturated carbocycles. The summed E-state index contributed by atoms with van der Waals surface area (Å²) in [5, 5.41) is 2.94. The van der Waals surface area contributed by atoms with E-state index < -0.39 is 0 Å². The lowest BCUT2D eigenvalue weighted by molar-refractivity contribution is -0.121. The minimum absolute atomic E-state index is 0.0462. The van der Waals surface area contributed by atoms with Gasteiger partial charge in [-0.1, -0.05) is 37.3 Å². The van der Waals surface area contributed by atoms with Gasteiger partial charge in [-0.2, -0.15) is 0 Å². The first-order valence-corrected chi connectivity index (χ1v) is 9.82. The van der Waals surface area contributed by atoms with Crippen LogP contribution in [0, 0.1) is 0 Å². The van der Waals surface area contributed by atoms with Crippen LogP contribution in [0.5, 0.6) is 0 Å². The second kappa shape index (κ2) is 9.26. The maximum atomic E-state index is 12.7. The first-order valence-electron chi connectivity index (χ1n) is 9.82. The molecule has 1 amide bonds. The molecule has 0 bridgehead atoms. The van der Waals surface area contributed by atoms with Crippen molar-refractivity contribution in [2.45, 2.75) is 32.9 Å². The van der Waals surface area contributed by atoms with Gasteiger partial charge in [-0.05, 0) is 37.1 Å². The Morgan fingerprint density at radius 3 is 2.32 bits per heavy atom. The average Bonchev–Trinajstić information content (AvgIpc) is 2.98. The molecule has 0 unspecified atom stereocenters. The third kappa shape index (κ3) is 4.44. The van der Waals surface area contributed by atoms with Crippen molar-refractivity contribution in [1.29, 1.82) is 0 Å². The van der Waals surface area contributed by atoms with Crippen molar-refractivity contribution < 1.29 is 4.79 Å². The molecule has 0 aliphatic rings. The molecule has 148 valence electrons. The number of hydrogen-bond acceptors (Lipinski definition) is 3. The van der Waals surface area contributed by atoms with Gasteiger partial charge in [0, 0.05) is 32.4 Å². The van der Waals surface area contributed by atoms with Crippen LogP contribution in [0.3, 0.4) is 0 Å². The Bertz CT molecular complexity index is 975. The molecule has 2 aromatic carbocycles. The summed E-state index contributed by atoms with van der Waals surface area (Å²) in [5.41, 5.74) is 2.72. The molecular weight excluding hydrogens is 352 g/mol. The number of anilines is 1. The van der Waals surface area contributed by atoms with Crippen LogP contribution in [0.25, 0.3) is 11.0 Å². The van der Waals surface area contributed by atoms with Gasteiger partial charge in [0.05, 0.1) is 11.0 Å². The number of rotatable bonds is 9. The Balaban J connectivity index is 1.57. The maximum Gasteiger partial charge on any atom is 0.329 e. The normalized spacial score (nSPS) is 10.9. The van der Waals surface area contributed by atoms with E-state index in [-0.39, 0.29) is 18.1 Å². The van der Waals surface area contributed by atoms with Crippen LogP contribution in [0.2, 0.25) is 0 Å². The van der Waals surface area contributed by atoms with E-state index in [1.165, 1.54) is 0 Å². The lowest BCUT2D eigenvalue weighted by atomic mass is 10.3. The van der Waals surface area contributed by atoms with Gasteiger partial charge in [0.1, 0.15) is 6.54 Å². The summed E-state index contributed by atoms with van der Waals surface area (Å²) >= 11 is 0. The Labute approximate surface area is 165 Å². The number of benzene rings is 2. The van der Waals surface area contributed by atoms with Gasteiger partial charge in [0.25, 0.3) is 0 Å². The maximum absolute atomic E-state index is 12.7. The fraction of sp³-hybridized carbons (Fsp3) is 0.364. The summed E-state index contributed by atoms with van der Waals surface area (Å²) in [4.78, 5) is 27.3. The quantitative estimate of drug-likeness (QED) is 0.581. The van der Waals surface area contributed by atoms with E-state index in [9.17, 15) is 9.59 Å².